The topological polar surface area (TPSA) is 67.5 Å². The molecule has 6 heteroatoms. The molecular formula is C20H27N3O3. The first kappa shape index (κ1) is 18.5. The molecule has 0 saturated carbocycles. The number of aromatic amines is 1. The molecule has 26 heavy (non-hydrogen) atoms. The minimum Gasteiger partial charge on any atom is -0.493 e. The number of piperidine rings is 1. The number of methoxy groups -OCH3 is 1. The van der Waals surface area contributed by atoms with Gasteiger partial charge in [0.15, 0.2) is 11.5 Å². The van der Waals surface area contributed by atoms with Crippen molar-refractivity contribution in [3.05, 3.63) is 51.7 Å². The average Bonchev–Trinajstić information content (AvgIpc) is 2.62. The summed E-state index contributed by atoms with van der Waals surface area (Å²) in [7, 11) is 1.66. The molecule has 1 aromatic heterocycles. The van der Waals surface area contributed by atoms with Crippen LogP contribution in [0.3, 0.4) is 0 Å². The minimum atomic E-state index is -0.0686. The summed E-state index contributed by atoms with van der Waals surface area (Å²) in [5.74, 6) is 2.62. The van der Waals surface area contributed by atoms with E-state index in [0.717, 1.165) is 55.5 Å². The monoisotopic (exact) mass is 357 g/mol. The van der Waals surface area contributed by atoms with Gasteiger partial charge in [-0.3, -0.25) is 9.69 Å². The largest absolute Gasteiger partial charge is 0.493 e. The SMILES string of the molecule is CCOc1ccc(CN2CCC[C@@H](c3nc(C)cc(=O)[nH]3)C2)cc1OC. The maximum atomic E-state index is 11.7. The van der Waals surface area contributed by atoms with Crippen molar-refractivity contribution in [2.24, 2.45) is 0 Å². The lowest BCUT2D eigenvalue weighted by molar-refractivity contribution is 0.196. The van der Waals surface area contributed by atoms with Crippen LogP contribution < -0.4 is 15.0 Å². The van der Waals surface area contributed by atoms with Crippen LogP contribution in [0.2, 0.25) is 0 Å². The molecule has 2 aromatic rings. The Morgan fingerprint density at radius 2 is 2.15 bits per heavy atom. The molecule has 1 N–H and O–H groups in total. The van der Waals surface area contributed by atoms with E-state index in [1.165, 1.54) is 11.6 Å². The molecule has 3 rings (SSSR count). The molecule has 2 heterocycles. The van der Waals surface area contributed by atoms with Gasteiger partial charge >= 0.3 is 0 Å². The van der Waals surface area contributed by atoms with E-state index in [1.54, 1.807) is 7.11 Å². The van der Waals surface area contributed by atoms with E-state index in [4.69, 9.17) is 9.47 Å². The van der Waals surface area contributed by atoms with Gasteiger partial charge < -0.3 is 14.5 Å². The van der Waals surface area contributed by atoms with Crippen LogP contribution in [-0.2, 0) is 6.54 Å². The maximum absolute atomic E-state index is 11.7. The first-order valence-corrected chi connectivity index (χ1v) is 9.19. The number of nitrogens with zero attached hydrogens (tertiary/aromatic N) is 2. The number of benzene rings is 1. The highest BCUT2D eigenvalue weighted by Gasteiger charge is 2.23. The van der Waals surface area contributed by atoms with Crippen molar-refractivity contribution in [1.82, 2.24) is 14.9 Å². The number of hydrogen-bond acceptors (Lipinski definition) is 5. The molecule has 0 radical (unpaired) electrons. The van der Waals surface area contributed by atoms with Gasteiger partial charge in [0, 0.05) is 30.8 Å². The van der Waals surface area contributed by atoms with Crippen LogP contribution in [0, 0.1) is 6.92 Å². The minimum absolute atomic E-state index is 0.0686. The summed E-state index contributed by atoms with van der Waals surface area (Å²) < 4.78 is 11.0. The van der Waals surface area contributed by atoms with Gasteiger partial charge in [-0.05, 0) is 50.9 Å². The Morgan fingerprint density at radius 1 is 1.31 bits per heavy atom. The second-order valence-corrected chi connectivity index (χ2v) is 6.76. The molecule has 1 atom stereocenters. The fourth-order valence-corrected chi connectivity index (χ4v) is 3.56. The van der Waals surface area contributed by atoms with Crippen molar-refractivity contribution in [3.8, 4) is 11.5 Å². The summed E-state index contributed by atoms with van der Waals surface area (Å²) in [5.41, 5.74) is 1.90. The predicted octanol–water partition coefficient (Wildman–Crippen LogP) is 2.87. The summed E-state index contributed by atoms with van der Waals surface area (Å²) >= 11 is 0. The molecule has 0 amide bonds. The molecule has 1 aliphatic rings. The van der Waals surface area contributed by atoms with Crippen molar-refractivity contribution >= 4 is 0 Å². The number of rotatable bonds is 6. The summed E-state index contributed by atoms with van der Waals surface area (Å²) in [5, 5.41) is 0. The molecule has 1 aromatic carbocycles. The Bertz CT molecular complexity index is 803. The summed E-state index contributed by atoms with van der Waals surface area (Å²) in [6.07, 6.45) is 2.14. The van der Waals surface area contributed by atoms with E-state index in [2.05, 4.69) is 20.9 Å². The number of likely N-dealkylation sites (tertiary alicyclic amines) is 1. The van der Waals surface area contributed by atoms with E-state index in [-0.39, 0.29) is 11.5 Å². The first-order chi connectivity index (χ1) is 12.6. The first-order valence-electron chi connectivity index (χ1n) is 9.19. The van der Waals surface area contributed by atoms with Crippen molar-refractivity contribution in [2.75, 3.05) is 26.8 Å². The van der Waals surface area contributed by atoms with Crippen LogP contribution in [0.25, 0.3) is 0 Å². The zero-order valence-corrected chi connectivity index (χ0v) is 15.7. The van der Waals surface area contributed by atoms with E-state index >= 15 is 0 Å². The van der Waals surface area contributed by atoms with Gasteiger partial charge in [-0.25, -0.2) is 4.98 Å². The molecule has 1 fully saturated rings. The number of aromatic nitrogens is 2. The highest BCUT2D eigenvalue weighted by molar-refractivity contribution is 5.43. The Labute approximate surface area is 154 Å². The Hall–Kier alpha value is -2.34. The predicted molar refractivity (Wildman–Crippen MR) is 101 cm³/mol. The van der Waals surface area contributed by atoms with Crippen LogP contribution >= 0.6 is 0 Å². The van der Waals surface area contributed by atoms with E-state index in [1.807, 2.05) is 26.0 Å². The Kier molecular flexibility index (Phi) is 5.93. The number of nitrogens with one attached hydrogen (secondary N) is 1. The van der Waals surface area contributed by atoms with Gasteiger partial charge in [0.1, 0.15) is 5.82 Å². The van der Waals surface area contributed by atoms with Crippen molar-refractivity contribution in [3.63, 3.8) is 0 Å². The molecule has 1 aliphatic heterocycles. The second-order valence-electron chi connectivity index (χ2n) is 6.76. The lowest BCUT2D eigenvalue weighted by atomic mass is 9.96. The van der Waals surface area contributed by atoms with Crippen molar-refractivity contribution < 1.29 is 9.47 Å². The van der Waals surface area contributed by atoms with E-state index < -0.39 is 0 Å². The lowest BCUT2D eigenvalue weighted by Gasteiger charge is -2.32. The normalized spacial score (nSPS) is 17.9. The van der Waals surface area contributed by atoms with Gasteiger partial charge in [0.25, 0.3) is 5.56 Å². The molecule has 6 nitrogen and oxygen atoms in total. The quantitative estimate of drug-likeness (QED) is 0.861. The van der Waals surface area contributed by atoms with Crippen molar-refractivity contribution in [2.45, 2.75) is 39.2 Å². The number of aryl methyl sites for hydroxylation is 1. The highest BCUT2D eigenvalue weighted by Crippen LogP contribution is 2.30. The fourth-order valence-electron chi connectivity index (χ4n) is 3.56. The molecule has 0 unspecified atom stereocenters. The van der Waals surface area contributed by atoms with Gasteiger partial charge in [-0.1, -0.05) is 6.07 Å². The lowest BCUT2D eigenvalue weighted by Crippen LogP contribution is -2.35. The fraction of sp³-hybridized carbons (Fsp3) is 0.500. The molecule has 0 spiro atoms. The third-order valence-corrected chi connectivity index (χ3v) is 4.71. The molecule has 0 aliphatic carbocycles. The summed E-state index contributed by atoms with van der Waals surface area (Å²) in [4.78, 5) is 21.6. The molecule has 0 bridgehead atoms. The van der Waals surface area contributed by atoms with Crippen molar-refractivity contribution in [1.29, 1.82) is 0 Å². The standard InChI is InChI=1S/C20H27N3O3/c1-4-26-17-8-7-15(11-18(17)25-3)12-23-9-5-6-16(13-23)20-21-14(2)10-19(24)22-20/h7-8,10-11,16H,4-6,9,12-13H2,1-3H3,(H,21,22,24)/t16-/m1/s1. The summed E-state index contributed by atoms with van der Waals surface area (Å²) in [6, 6.07) is 7.64. The zero-order chi connectivity index (χ0) is 18.5. The van der Waals surface area contributed by atoms with Crippen LogP contribution in [0.1, 0.15) is 42.8 Å². The van der Waals surface area contributed by atoms with Crippen LogP contribution in [0.4, 0.5) is 0 Å². The van der Waals surface area contributed by atoms with E-state index in [9.17, 15) is 4.79 Å². The van der Waals surface area contributed by atoms with Crippen LogP contribution in [0.5, 0.6) is 11.5 Å². The summed E-state index contributed by atoms with van der Waals surface area (Å²) in [6.45, 7) is 7.22. The number of H-pyrrole nitrogens is 1. The molecular weight excluding hydrogens is 330 g/mol. The van der Waals surface area contributed by atoms with Crippen LogP contribution in [0.15, 0.2) is 29.1 Å². The zero-order valence-electron chi connectivity index (χ0n) is 15.7. The maximum Gasteiger partial charge on any atom is 0.251 e. The third-order valence-electron chi connectivity index (χ3n) is 4.71. The van der Waals surface area contributed by atoms with Gasteiger partial charge in [-0.2, -0.15) is 0 Å². The second kappa shape index (κ2) is 8.36. The average molecular weight is 357 g/mol. The van der Waals surface area contributed by atoms with E-state index in [0.29, 0.717) is 6.61 Å². The Balaban J connectivity index is 1.71. The molecule has 140 valence electrons. The third kappa shape index (κ3) is 4.43. The van der Waals surface area contributed by atoms with Gasteiger partial charge in [-0.15, -0.1) is 0 Å². The highest BCUT2D eigenvalue weighted by atomic mass is 16.5. The Morgan fingerprint density at radius 3 is 2.88 bits per heavy atom. The number of hydrogen-bond donors (Lipinski definition) is 1. The molecule has 1 saturated heterocycles. The number of ether oxygens (including phenoxy) is 2. The van der Waals surface area contributed by atoms with Gasteiger partial charge in [0.2, 0.25) is 0 Å². The smallest absolute Gasteiger partial charge is 0.251 e. The van der Waals surface area contributed by atoms with Gasteiger partial charge in [0.05, 0.1) is 13.7 Å². The van der Waals surface area contributed by atoms with Crippen LogP contribution in [-0.4, -0.2) is 41.7 Å².